The number of rotatable bonds is 9. The van der Waals surface area contributed by atoms with E-state index >= 15 is 8.78 Å². The Morgan fingerprint density at radius 3 is 2.14 bits per heavy atom. The molecule has 0 aromatic heterocycles. The Morgan fingerprint density at radius 2 is 1.49 bits per heavy atom. The Hall–Kier alpha value is -2.34. The number of halogens is 4. The third-order valence-electron chi connectivity index (χ3n) is 8.06. The van der Waals surface area contributed by atoms with Crippen LogP contribution < -0.4 is 4.74 Å². The molecular weight excluding hydrogens is 480 g/mol. The smallest absolute Gasteiger partial charge is 0.201 e. The van der Waals surface area contributed by atoms with Crippen LogP contribution in [0.3, 0.4) is 0 Å². The van der Waals surface area contributed by atoms with Gasteiger partial charge in [-0.3, -0.25) is 0 Å². The summed E-state index contributed by atoms with van der Waals surface area (Å²) in [5.74, 6) is -3.21. The molecule has 2 nitrogen and oxygen atoms in total. The Bertz CT molecular complexity index is 1070. The fourth-order valence-electron chi connectivity index (χ4n) is 5.88. The molecule has 2 aromatic rings. The first kappa shape index (κ1) is 27.7. The first-order valence-corrected chi connectivity index (χ1v) is 13.8. The lowest BCUT2D eigenvalue weighted by Crippen LogP contribution is -2.29. The summed E-state index contributed by atoms with van der Waals surface area (Å²) in [4.78, 5) is 0. The predicted molar refractivity (Wildman–Crippen MR) is 138 cm³/mol. The van der Waals surface area contributed by atoms with Crippen LogP contribution in [0.2, 0.25) is 0 Å². The Kier molecular flexibility index (Phi) is 9.69. The Morgan fingerprint density at radius 1 is 0.811 bits per heavy atom. The van der Waals surface area contributed by atoms with Gasteiger partial charge in [0, 0.05) is 16.7 Å². The molecule has 1 heterocycles. The van der Waals surface area contributed by atoms with Crippen LogP contribution in [0.4, 0.5) is 17.6 Å². The fraction of sp³-hybridized carbons (Fsp3) is 0.548. The van der Waals surface area contributed by atoms with Crippen molar-refractivity contribution in [3.63, 3.8) is 0 Å². The van der Waals surface area contributed by atoms with Crippen molar-refractivity contribution in [3.8, 4) is 16.9 Å². The van der Waals surface area contributed by atoms with Crippen molar-refractivity contribution in [2.24, 2.45) is 17.8 Å². The van der Waals surface area contributed by atoms with Gasteiger partial charge in [0.15, 0.2) is 23.2 Å². The number of unbranched alkanes of at least 4 members (excludes halogenated alkanes) is 2. The number of hydrogen-bond acceptors (Lipinski definition) is 2. The molecule has 0 amide bonds. The van der Waals surface area contributed by atoms with E-state index in [-0.39, 0.29) is 29.0 Å². The third-order valence-corrected chi connectivity index (χ3v) is 8.06. The molecule has 0 spiro atoms. The van der Waals surface area contributed by atoms with Gasteiger partial charge >= 0.3 is 0 Å². The van der Waals surface area contributed by atoms with Gasteiger partial charge in [-0.1, -0.05) is 44.1 Å². The molecule has 4 rings (SSSR count). The molecule has 1 saturated heterocycles. The maximum Gasteiger partial charge on any atom is 0.201 e. The first-order valence-electron chi connectivity index (χ1n) is 13.8. The van der Waals surface area contributed by atoms with E-state index < -0.39 is 29.4 Å². The minimum absolute atomic E-state index is 0.133. The Balaban J connectivity index is 1.41. The third kappa shape index (κ3) is 6.39. The summed E-state index contributed by atoms with van der Waals surface area (Å²) in [7, 11) is 0. The summed E-state index contributed by atoms with van der Waals surface area (Å²) < 4.78 is 71.0. The van der Waals surface area contributed by atoms with Gasteiger partial charge < -0.3 is 9.47 Å². The molecule has 2 atom stereocenters. The van der Waals surface area contributed by atoms with Crippen LogP contribution in [0.25, 0.3) is 11.1 Å². The minimum Gasteiger partial charge on any atom is -0.490 e. The van der Waals surface area contributed by atoms with E-state index in [9.17, 15) is 8.78 Å². The molecule has 202 valence electrons. The van der Waals surface area contributed by atoms with E-state index in [1.807, 2.05) is 6.92 Å². The molecule has 1 aliphatic heterocycles. The number of ether oxygens (including phenoxy) is 2. The second-order valence-corrected chi connectivity index (χ2v) is 10.5. The van der Waals surface area contributed by atoms with Gasteiger partial charge in [-0.25, -0.2) is 13.2 Å². The number of benzene rings is 2. The van der Waals surface area contributed by atoms with Crippen molar-refractivity contribution in [2.45, 2.75) is 77.7 Å². The molecule has 0 bridgehead atoms. The first-order chi connectivity index (χ1) is 17.9. The molecule has 1 saturated carbocycles. The molecule has 2 aliphatic rings. The highest BCUT2D eigenvalue weighted by atomic mass is 19.2. The minimum atomic E-state index is -1.25. The predicted octanol–water partition coefficient (Wildman–Crippen LogP) is 9.33. The van der Waals surface area contributed by atoms with Gasteiger partial charge in [0.2, 0.25) is 5.82 Å². The highest BCUT2D eigenvalue weighted by molar-refractivity contribution is 5.66. The summed E-state index contributed by atoms with van der Waals surface area (Å²) in [6.45, 7) is 4.89. The lowest BCUT2D eigenvalue weighted by atomic mass is 9.73. The average molecular weight is 519 g/mol. The Labute approximate surface area is 218 Å². The highest BCUT2D eigenvalue weighted by Gasteiger charge is 2.33. The molecule has 0 radical (unpaired) electrons. The zero-order valence-electron chi connectivity index (χ0n) is 21.9. The SMILES string of the molecule is C/C=C/C1CCC(C2CC[C@@H](c3ccc(-c4ccc(OCCCCC)c(F)c4F)c(F)c3F)OC2)CC1. The van der Waals surface area contributed by atoms with Crippen molar-refractivity contribution >= 4 is 0 Å². The van der Waals surface area contributed by atoms with Gasteiger partial charge in [0.05, 0.1) is 19.3 Å². The van der Waals surface area contributed by atoms with Crippen molar-refractivity contribution in [1.82, 2.24) is 0 Å². The molecule has 0 N–H and O–H groups in total. The van der Waals surface area contributed by atoms with Crippen LogP contribution in [-0.2, 0) is 4.74 Å². The van der Waals surface area contributed by atoms with E-state index in [0.29, 0.717) is 30.8 Å². The summed E-state index contributed by atoms with van der Waals surface area (Å²) in [6, 6.07) is 5.25. The van der Waals surface area contributed by atoms with Crippen LogP contribution >= 0.6 is 0 Å². The lowest BCUT2D eigenvalue weighted by Gasteiger charge is -2.37. The zero-order valence-corrected chi connectivity index (χ0v) is 21.9. The number of allylic oxidation sites excluding steroid dienone is 2. The van der Waals surface area contributed by atoms with Crippen molar-refractivity contribution in [3.05, 3.63) is 65.2 Å². The molecular formula is C31H38F4O2. The van der Waals surface area contributed by atoms with E-state index in [2.05, 4.69) is 19.1 Å². The molecule has 1 unspecified atom stereocenters. The van der Waals surface area contributed by atoms with Crippen molar-refractivity contribution in [1.29, 1.82) is 0 Å². The van der Waals surface area contributed by atoms with E-state index in [0.717, 1.165) is 25.7 Å². The maximum absolute atomic E-state index is 15.1. The van der Waals surface area contributed by atoms with Crippen LogP contribution in [0.15, 0.2) is 36.4 Å². The molecule has 6 heteroatoms. The van der Waals surface area contributed by atoms with Crippen molar-refractivity contribution < 1.29 is 27.0 Å². The average Bonchev–Trinajstić information content (AvgIpc) is 2.92. The second-order valence-electron chi connectivity index (χ2n) is 10.5. The molecule has 2 fully saturated rings. The van der Waals surface area contributed by atoms with Crippen LogP contribution in [0.1, 0.15) is 83.3 Å². The van der Waals surface area contributed by atoms with Gasteiger partial charge in [0.25, 0.3) is 0 Å². The summed E-state index contributed by atoms with van der Waals surface area (Å²) in [6.07, 6.45) is 12.8. The monoisotopic (exact) mass is 518 g/mol. The maximum atomic E-state index is 15.1. The normalized spacial score (nSPS) is 24.5. The van der Waals surface area contributed by atoms with Crippen LogP contribution in [-0.4, -0.2) is 13.2 Å². The van der Waals surface area contributed by atoms with Crippen molar-refractivity contribution in [2.75, 3.05) is 13.2 Å². The quantitative estimate of drug-likeness (QED) is 0.187. The molecule has 1 aliphatic carbocycles. The van der Waals surface area contributed by atoms with E-state index in [4.69, 9.17) is 9.47 Å². The van der Waals surface area contributed by atoms with Gasteiger partial charge in [-0.2, -0.15) is 4.39 Å². The van der Waals surface area contributed by atoms with Crippen LogP contribution in [0.5, 0.6) is 5.75 Å². The fourth-order valence-corrected chi connectivity index (χ4v) is 5.88. The second kappa shape index (κ2) is 12.9. The topological polar surface area (TPSA) is 18.5 Å². The highest BCUT2D eigenvalue weighted by Crippen LogP contribution is 2.42. The summed E-state index contributed by atoms with van der Waals surface area (Å²) >= 11 is 0. The van der Waals surface area contributed by atoms with E-state index in [1.165, 1.54) is 49.9 Å². The summed E-state index contributed by atoms with van der Waals surface area (Å²) in [5.41, 5.74) is -0.519. The standard InChI is InChI=1S/C31H38F4O2/c1-3-5-6-18-36-27-17-15-24(29(33)31(27)35)23-13-14-25(30(34)28(23)32)26-16-12-22(19-37-26)21-10-8-20(7-4-2)9-11-21/h4,7,13-15,17,20-22,26H,3,5-6,8-12,16,18-19H2,1-2H3/b7-4+/t20?,21?,22?,26-/m0/s1. The van der Waals surface area contributed by atoms with Gasteiger partial charge in [-0.05, 0) is 81.8 Å². The molecule has 2 aromatic carbocycles. The van der Waals surface area contributed by atoms with E-state index in [1.54, 1.807) is 0 Å². The lowest BCUT2D eigenvalue weighted by molar-refractivity contribution is -0.0411. The largest absolute Gasteiger partial charge is 0.490 e. The van der Waals surface area contributed by atoms with Crippen LogP contribution in [0, 0.1) is 41.0 Å². The summed E-state index contributed by atoms with van der Waals surface area (Å²) in [5, 5.41) is 0. The van der Waals surface area contributed by atoms with Gasteiger partial charge in [-0.15, -0.1) is 0 Å². The zero-order chi connectivity index (χ0) is 26.4. The number of hydrogen-bond donors (Lipinski definition) is 0. The van der Waals surface area contributed by atoms with Gasteiger partial charge in [0.1, 0.15) is 0 Å². The molecule has 37 heavy (non-hydrogen) atoms.